The van der Waals surface area contributed by atoms with Gasteiger partial charge in [0.1, 0.15) is 52.8 Å². The number of thiazole rings is 1. The number of nitrogen functional groups attached to an aromatic ring is 1. The van der Waals surface area contributed by atoms with Crippen molar-refractivity contribution < 1.29 is 28.9 Å². The zero-order valence-electron chi connectivity index (χ0n) is 25.5. The first kappa shape index (κ1) is 32.2. The van der Waals surface area contributed by atoms with Crippen molar-refractivity contribution in [2.45, 2.75) is 37.3 Å². The largest absolute Gasteiger partial charge is 0.477 e. The average Bonchev–Trinajstić information content (AvgIpc) is 3.90. The summed E-state index contributed by atoms with van der Waals surface area (Å²) in [7, 11) is 1.25. The van der Waals surface area contributed by atoms with E-state index in [1.54, 1.807) is 11.3 Å². The Hall–Kier alpha value is -4.39. The summed E-state index contributed by atoms with van der Waals surface area (Å²) in [5.41, 5.74) is 7.81. The minimum absolute atomic E-state index is 0.0226. The molecule has 2 amide bonds. The summed E-state index contributed by atoms with van der Waals surface area (Å²) < 4.78 is 6.08. The number of thioether (sulfide) groups is 1. The molecule has 0 aliphatic carbocycles. The zero-order valence-corrected chi connectivity index (χ0v) is 28.7. The van der Waals surface area contributed by atoms with E-state index >= 15 is 0 Å². The molecular weight excluding hydrogens is 700 g/mol. The number of imidazole rings is 1. The van der Waals surface area contributed by atoms with Crippen LogP contribution in [0.25, 0.3) is 5.65 Å². The maximum absolute atomic E-state index is 13.3. The number of amidine groups is 1. The molecule has 0 aromatic carbocycles. The predicted molar refractivity (Wildman–Crippen MR) is 181 cm³/mol. The van der Waals surface area contributed by atoms with Crippen molar-refractivity contribution >= 4 is 86.1 Å². The van der Waals surface area contributed by atoms with Gasteiger partial charge in [-0.2, -0.15) is 0 Å². The lowest BCUT2D eigenvalue weighted by Crippen LogP contribution is -2.71. The number of hydrogen-bond acceptors (Lipinski definition) is 11. The summed E-state index contributed by atoms with van der Waals surface area (Å²) in [4.78, 5) is 52.3. The molecule has 2 saturated heterocycles. The van der Waals surface area contributed by atoms with Gasteiger partial charge in [-0.25, -0.2) is 19.0 Å². The van der Waals surface area contributed by atoms with Crippen molar-refractivity contribution in [1.29, 1.82) is 5.41 Å². The van der Waals surface area contributed by atoms with Crippen molar-refractivity contribution in [2.24, 2.45) is 5.16 Å². The Morgan fingerprint density at radius 1 is 1.31 bits per heavy atom. The highest BCUT2D eigenvalue weighted by Gasteiger charge is 2.54. The number of oxime groups is 1. The van der Waals surface area contributed by atoms with Crippen LogP contribution in [0.1, 0.15) is 29.0 Å². The number of nitrogens with one attached hydrogen (secondary N) is 2. The molecule has 4 aromatic rings. The number of rotatable bonds is 10. The third-order valence-electron chi connectivity index (χ3n) is 8.38. The van der Waals surface area contributed by atoms with E-state index in [2.05, 4.69) is 31.0 Å². The van der Waals surface area contributed by atoms with Crippen LogP contribution in [-0.2, 0) is 32.3 Å². The number of fused-ring (bicyclic) bond motifs is 2. The van der Waals surface area contributed by atoms with Crippen molar-refractivity contribution in [1.82, 2.24) is 29.3 Å². The maximum atomic E-state index is 13.3. The lowest BCUT2D eigenvalue weighted by atomic mass is 10.0. The summed E-state index contributed by atoms with van der Waals surface area (Å²) in [6.45, 7) is 2.73. The molecule has 2 atom stereocenters. The molecule has 2 fully saturated rings. The second kappa shape index (κ2) is 12.9. The summed E-state index contributed by atoms with van der Waals surface area (Å²) in [5.74, 6) is -1.63. The van der Waals surface area contributed by atoms with E-state index in [4.69, 9.17) is 27.6 Å². The molecule has 0 bridgehead atoms. The number of hydrogen-bond donors (Lipinski definition) is 4. The number of aliphatic carboxylic acids is 1. The van der Waals surface area contributed by atoms with Crippen molar-refractivity contribution in [2.75, 3.05) is 31.7 Å². The standard InChI is InChI=1S/C29H29ClN10O5S3/c1-45-35-20(19-23(30)48-29(32)34-19)25(41)33-21-26(42)40-22(28(43)44)16(14-47-27(21)40)11-38-7-4-18-37(8-9-39(18)38)12-17-10-15(13-46-17)24(31)36-5-2-3-6-36/h4,7-10,13,21,27,31H,2-3,5-6,11-12,14H2,1H3,(H3-,32,33,34,41,43,44)/p+1/b31-24?,35-20-/t21-,27-/m1/s1. The van der Waals surface area contributed by atoms with Gasteiger partial charge in [-0.1, -0.05) is 28.1 Å². The van der Waals surface area contributed by atoms with Crippen LogP contribution in [0.5, 0.6) is 0 Å². The van der Waals surface area contributed by atoms with Gasteiger partial charge >= 0.3 is 11.6 Å². The zero-order chi connectivity index (χ0) is 33.7. The minimum atomic E-state index is -1.22. The van der Waals surface area contributed by atoms with Gasteiger partial charge in [-0.3, -0.25) is 19.9 Å². The van der Waals surface area contributed by atoms with Gasteiger partial charge in [0.05, 0.1) is 18.8 Å². The fourth-order valence-electron chi connectivity index (χ4n) is 6.14. The van der Waals surface area contributed by atoms with E-state index in [1.165, 1.54) is 23.8 Å². The Morgan fingerprint density at radius 2 is 2.10 bits per heavy atom. The van der Waals surface area contributed by atoms with Gasteiger partial charge in [0.2, 0.25) is 0 Å². The first-order chi connectivity index (χ1) is 23.1. The first-order valence-electron chi connectivity index (χ1n) is 14.9. The number of carbonyl (C=O) groups excluding carboxylic acids is 2. The van der Waals surface area contributed by atoms with Crippen molar-refractivity contribution in [3.8, 4) is 0 Å². The third-order valence-corrected chi connectivity index (χ3v) is 11.7. The number of nitrogens with zero attached hydrogens (tertiary/aromatic N) is 7. The van der Waals surface area contributed by atoms with Crippen LogP contribution in [0.3, 0.4) is 0 Å². The smallest absolute Gasteiger partial charge is 0.352 e. The summed E-state index contributed by atoms with van der Waals surface area (Å²) in [5, 5.41) is 26.7. The predicted octanol–water partition coefficient (Wildman–Crippen LogP) is 2.04. The number of aromatic nitrogens is 4. The van der Waals surface area contributed by atoms with E-state index < -0.39 is 29.2 Å². The molecule has 15 nitrogen and oxygen atoms in total. The Balaban J connectivity index is 1.06. The highest BCUT2D eigenvalue weighted by atomic mass is 35.5. The minimum Gasteiger partial charge on any atom is -0.477 e. The van der Waals surface area contributed by atoms with Gasteiger partial charge in [0.25, 0.3) is 11.8 Å². The highest BCUT2D eigenvalue weighted by molar-refractivity contribution is 8.00. The highest BCUT2D eigenvalue weighted by Crippen LogP contribution is 2.41. The number of thiophene rings is 1. The van der Waals surface area contributed by atoms with Crippen LogP contribution >= 0.6 is 46.0 Å². The monoisotopic (exact) mass is 729 g/mol. The number of halogens is 1. The van der Waals surface area contributed by atoms with Crippen LogP contribution in [0.2, 0.25) is 4.34 Å². The number of carboxylic acid groups (broad SMARTS) is 1. The number of likely N-dealkylation sites (tertiary alicyclic amines) is 1. The van der Waals surface area contributed by atoms with E-state index in [-0.39, 0.29) is 33.1 Å². The summed E-state index contributed by atoms with van der Waals surface area (Å²) in [6.07, 6.45) is 8.01. The molecule has 3 aliphatic heterocycles. The lowest BCUT2D eigenvalue weighted by molar-refractivity contribution is -0.661. The maximum Gasteiger partial charge on any atom is 0.352 e. The first-order valence-corrected chi connectivity index (χ1v) is 18.0. The molecule has 4 aromatic heterocycles. The number of carbonyl (C=O) groups is 3. The summed E-state index contributed by atoms with van der Waals surface area (Å²) in [6, 6.07) is 3.05. The second-order valence-electron chi connectivity index (χ2n) is 11.3. The average molecular weight is 730 g/mol. The van der Waals surface area contributed by atoms with Crippen LogP contribution in [0, 0.1) is 5.41 Å². The van der Waals surface area contributed by atoms with E-state index in [0.29, 0.717) is 23.7 Å². The van der Waals surface area contributed by atoms with Gasteiger partial charge in [0.15, 0.2) is 17.0 Å². The number of anilines is 1. The van der Waals surface area contributed by atoms with E-state index in [1.807, 2.05) is 39.2 Å². The molecule has 48 heavy (non-hydrogen) atoms. The molecule has 7 heterocycles. The number of amides is 2. The van der Waals surface area contributed by atoms with E-state index in [0.717, 1.165) is 53.4 Å². The van der Waals surface area contributed by atoms with Gasteiger partial charge in [-0.15, -0.1) is 27.6 Å². The molecule has 250 valence electrons. The van der Waals surface area contributed by atoms with Crippen LogP contribution in [-0.4, -0.2) is 95.8 Å². The quantitative estimate of drug-likeness (QED) is 0.0623. The molecule has 3 aliphatic rings. The Kier molecular flexibility index (Phi) is 8.65. The molecule has 0 unspecified atom stereocenters. The second-order valence-corrected chi connectivity index (χ2v) is 15.0. The fraction of sp³-hybridized carbons (Fsp3) is 0.345. The fourth-order valence-corrected chi connectivity index (χ4v) is 9.27. The Bertz CT molecular complexity index is 2020. The van der Waals surface area contributed by atoms with Crippen LogP contribution in [0.4, 0.5) is 5.13 Å². The van der Waals surface area contributed by atoms with Gasteiger partial charge < -0.3 is 25.9 Å². The number of carboxylic acids is 1. The van der Waals surface area contributed by atoms with E-state index in [9.17, 15) is 19.5 Å². The molecule has 7 rings (SSSR count). The van der Waals surface area contributed by atoms with Crippen LogP contribution < -0.4 is 15.6 Å². The van der Waals surface area contributed by atoms with Gasteiger partial charge in [-0.05, 0) is 24.5 Å². The molecule has 19 heteroatoms. The molecule has 5 N–H and O–H groups in total. The van der Waals surface area contributed by atoms with Crippen molar-refractivity contribution in [3.63, 3.8) is 0 Å². The molecule has 0 spiro atoms. The Morgan fingerprint density at radius 3 is 2.81 bits per heavy atom. The lowest BCUT2D eigenvalue weighted by Gasteiger charge is -2.49. The molecular formula is C29H30ClN10O5S3+. The topological polar surface area (TPSA) is 188 Å². The molecule has 0 radical (unpaired) electrons. The number of nitrogens with two attached hydrogens (primary N) is 1. The third kappa shape index (κ3) is 5.71. The van der Waals surface area contributed by atoms with Crippen LogP contribution in [0.15, 0.2) is 52.5 Å². The normalized spacial score (nSPS) is 19.5. The Labute approximate surface area is 290 Å². The van der Waals surface area contributed by atoms with Crippen molar-refractivity contribution in [3.05, 3.63) is 67.8 Å². The molecule has 0 saturated carbocycles. The SMILES string of the molecule is CO/N=C(\C(=O)N[C@@H]1C(=O)N2C(C(=O)O)=C(Cn3ccc4n3cc[n+]4Cc3cc(C(=N)N4CCCC4)cs3)CS[C@H]12)c1nc(N)sc1Cl. The number of β-lactam (4-membered cyclic amide) rings is 1. The van der Waals surface area contributed by atoms with Gasteiger partial charge in [0, 0.05) is 34.7 Å². The summed E-state index contributed by atoms with van der Waals surface area (Å²) >= 11 is 10.1.